The zero-order valence-electron chi connectivity index (χ0n) is 30.5. The predicted molar refractivity (Wildman–Crippen MR) is 223 cm³/mol. The molecule has 9 aromatic rings. The summed E-state index contributed by atoms with van der Waals surface area (Å²) in [4.78, 5) is 10.6. The Hall–Kier alpha value is -5.58. The average molecular weight is 692 g/mol. The fraction of sp³-hybridized carbons (Fsp3) is 0.167. The van der Waals surface area contributed by atoms with Crippen LogP contribution in [0.1, 0.15) is 52.7 Å². The molecule has 0 atom stereocenters. The molecule has 0 amide bonds. The van der Waals surface area contributed by atoms with Crippen molar-refractivity contribution in [2.45, 2.75) is 52.4 Å². The Bertz CT molecular complexity index is 2720. The molecule has 0 spiro atoms. The summed E-state index contributed by atoms with van der Waals surface area (Å²) in [5.74, 6) is 0.737. The lowest BCUT2D eigenvalue weighted by molar-refractivity contribution is 0.590. The zero-order valence-corrected chi connectivity index (χ0v) is 31.3. The van der Waals surface area contributed by atoms with E-state index < -0.39 is 0 Å². The van der Waals surface area contributed by atoms with Gasteiger partial charge in [0, 0.05) is 37.7 Å². The summed E-state index contributed by atoms with van der Waals surface area (Å²) >= 11 is 1.77. The Morgan fingerprint density at radius 1 is 0.500 bits per heavy atom. The van der Waals surface area contributed by atoms with Crippen molar-refractivity contribution in [1.29, 1.82) is 0 Å². The molecule has 0 bridgehead atoms. The molecule has 0 aliphatic rings. The van der Waals surface area contributed by atoms with Crippen LogP contribution in [-0.4, -0.2) is 14.5 Å². The highest BCUT2D eigenvalue weighted by molar-refractivity contribution is 7.26. The summed E-state index contributed by atoms with van der Waals surface area (Å²) in [6, 6.07) is 50.7. The van der Waals surface area contributed by atoms with Crippen LogP contribution in [0, 0.1) is 0 Å². The third kappa shape index (κ3) is 5.41. The lowest BCUT2D eigenvalue weighted by Crippen LogP contribution is -2.10. The van der Waals surface area contributed by atoms with E-state index in [0.717, 1.165) is 55.1 Å². The van der Waals surface area contributed by atoms with Crippen LogP contribution in [0.4, 0.5) is 0 Å². The number of thiophene rings is 1. The quantitative estimate of drug-likeness (QED) is 0.184. The van der Waals surface area contributed by atoms with Crippen LogP contribution in [0.5, 0.6) is 0 Å². The maximum Gasteiger partial charge on any atom is 0.160 e. The Morgan fingerprint density at radius 2 is 1.08 bits per heavy atom. The second-order valence-electron chi connectivity index (χ2n) is 15.9. The summed E-state index contributed by atoms with van der Waals surface area (Å²) in [5.41, 5.74) is 12.7. The van der Waals surface area contributed by atoms with E-state index in [1.807, 2.05) is 6.07 Å². The maximum atomic E-state index is 5.37. The van der Waals surface area contributed by atoms with Crippen molar-refractivity contribution in [2.24, 2.45) is 0 Å². The van der Waals surface area contributed by atoms with E-state index in [-0.39, 0.29) is 10.8 Å². The smallest absolute Gasteiger partial charge is 0.160 e. The van der Waals surface area contributed by atoms with E-state index in [0.29, 0.717) is 0 Å². The summed E-state index contributed by atoms with van der Waals surface area (Å²) in [6.07, 6.45) is 0. The standard InChI is InChI=1S/C48H41N3S/c1-47(2,3)32-21-25-40-38(27-32)39-28-33(48(4,5)6)22-26-41(39)51(40)34-23-24-35(37(29-34)30-15-9-7-10-16-30)43-45-44(36-19-13-14-20-42(36)52-45)50-46(49-43)31-17-11-8-12-18-31/h7-29H,1-6H3. The van der Waals surface area contributed by atoms with E-state index in [4.69, 9.17) is 9.97 Å². The number of fused-ring (bicyclic) bond motifs is 6. The fourth-order valence-electron chi connectivity index (χ4n) is 7.46. The van der Waals surface area contributed by atoms with Gasteiger partial charge in [-0.25, -0.2) is 9.97 Å². The molecule has 6 aromatic carbocycles. The zero-order chi connectivity index (χ0) is 35.8. The van der Waals surface area contributed by atoms with Crippen molar-refractivity contribution < 1.29 is 0 Å². The molecule has 0 unspecified atom stereocenters. The third-order valence-corrected chi connectivity index (χ3v) is 11.5. The lowest BCUT2D eigenvalue weighted by atomic mass is 9.85. The average Bonchev–Trinajstić information content (AvgIpc) is 3.69. The molecule has 9 rings (SSSR count). The number of rotatable bonds is 4. The molecule has 52 heavy (non-hydrogen) atoms. The highest BCUT2D eigenvalue weighted by Gasteiger charge is 2.23. The molecule has 3 heterocycles. The van der Waals surface area contributed by atoms with Gasteiger partial charge in [-0.1, -0.05) is 139 Å². The SMILES string of the molecule is CC(C)(C)c1ccc2c(c1)c1cc(C(C)(C)C)ccc1n2-c1ccc(-c2nc(-c3ccccc3)nc3c2sc2ccccc23)c(-c2ccccc2)c1. The number of nitrogens with zero attached hydrogens (tertiary/aromatic N) is 3. The highest BCUT2D eigenvalue weighted by atomic mass is 32.1. The van der Waals surface area contributed by atoms with Gasteiger partial charge in [0.15, 0.2) is 5.82 Å². The van der Waals surface area contributed by atoms with Gasteiger partial charge in [0.1, 0.15) is 0 Å². The molecule has 0 aliphatic heterocycles. The predicted octanol–water partition coefficient (Wildman–Crippen LogP) is 13.5. The minimum Gasteiger partial charge on any atom is -0.309 e. The summed E-state index contributed by atoms with van der Waals surface area (Å²) in [6.45, 7) is 13.8. The molecule has 0 fully saturated rings. The molecule has 0 radical (unpaired) electrons. The fourth-order valence-corrected chi connectivity index (χ4v) is 8.60. The molecular weight excluding hydrogens is 651 g/mol. The van der Waals surface area contributed by atoms with E-state index in [1.54, 1.807) is 11.3 Å². The molecule has 4 heteroatoms. The van der Waals surface area contributed by atoms with Crippen LogP contribution in [0.25, 0.3) is 81.6 Å². The Morgan fingerprint density at radius 3 is 1.69 bits per heavy atom. The first-order chi connectivity index (χ1) is 25.0. The molecule has 0 saturated heterocycles. The molecule has 3 nitrogen and oxygen atoms in total. The minimum atomic E-state index is 0.0421. The van der Waals surface area contributed by atoms with Crippen molar-refractivity contribution in [3.05, 3.63) is 151 Å². The van der Waals surface area contributed by atoms with Crippen LogP contribution in [0.15, 0.2) is 140 Å². The highest BCUT2D eigenvalue weighted by Crippen LogP contribution is 2.44. The van der Waals surface area contributed by atoms with Crippen molar-refractivity contribution in [1.82, 2.24) is 14.5 Å². The molecule has 3 aromatic heterocycles. The van der Waals surface area contributed by atoms with Gasteiger partial charge < -0.3 is 4.57 Å². The maximum absolute atomic E-state index is 5.37. The van der Waals surface area contributed by atoms with Crippen molar-refractivity contribution in [2.75, 3.05) is 0 Å². The molecular formula is C48H41N3S. The van der Waals surface area contributed by atoms with Crippen LogP contribution < -0.4 is 0 Å². The van der Waals surface area contributed by atoms with Gasteiger partial charge in [0.25, 0.3) is 0 Å². The van der Waals surface area contributed by atoms with Gasteiger partial charge in [-0.3, -0.25) is 0 Å². The summed E-state index contributed by atoms with van der Waals surface area (Å²) in [5, 5.41) is 3.74. The van der Waals surface area contributed by atoms with Gasteiger partial charge in [-0.05, 0) is 75.5 Å². The largest absolute Gasteiger partial charge is 0.309 e. The third-order valence-electron chi connectivity index (χ3n) is 10.4. The van der Waals surface area contributed by atoms with E-state index in [9.17, 15) is 0 Å². The number of benzene rings is 6. The van der Waals surface area contributed by atoms with Crippen molar-refractivity contribution in [3.63, 3.8) is 0 Å². The van der Waals surface area contributed by atoms with Crippen LogP contribution in [0.3, 0.4) is 0 Å². The van der Waals surface area contributed by atoms with E-state index in [1.165, 1.54) is 37.6 Å². The molecule has 0 aliphatic carbocycles. The van der Waals surface area contributed by atoms with Crippen LogP contribution >= 0.6 is 11.3 Å². The van der Waals surface area contributed by atoms with Gasteiger partial charge in [0.2, 0.25) is 0 Å². The molecule has 0 saturated carbocycles. The number of hydrogen-bond acceptors (Lipinski definition) is 3. The topological polar surface area (TPSA) is 30.7 Å². The molecule has 254 valence electrons. The van der Waals surface area contributed by atoms with E-state index >= 15 is 0 Å². The van der Waals surface area contributed by atoms with Gasteiger partial charge >= 0.3 is 0 Å². The molecule has 0 N–H and O–H groups in total. The van der Waals surface area contributed by atoms with Crippen LogP contribution in [0.2, 0.25) is 0 Å². The van der Waals surface area contributed by atoms with Crippen molar-refractivity contribution in [3.8, 4) is 39.5 Å². The Balaban J connectivity index is 1.34. The van der Waals surface area contributed by atoms with Crippen LogP contribution in [-0.2, 0) is 10.8 Å². The van der Waals surface area contributed by atoms with Crippen molar-refractivity contribution >= 4 is 53.4 Å². The van der Waals surface area contributed by atoms with Gasteiger partial charge in [-0.15, -0.1) is 11.3 Å². The number of aromatic nitrogens is 3. The number of hydrogen-bond donors (Lipinski definition) is 0. The minimum absolute atomic E-state index is 0.0421. The Kier molecular flexibility index (Phi) is 7.46. The van der Waals surface area contributed by atoms with Gasteiger partial charge in [-0.2, -0.15) is 0 Å². The second kappa shape index (κ2) is 12.0. The monoisotopic (exact) mass is 691 g/mol. The first-order valence-electron chi connectivity index (χ1n) is 18.1. The first-order valence-corrected chi connectivity index (χ1v) is 18.9. The van der Waals surface area contributed by atoms with E-state index in [2.05, 4.69) is 180 Å². The second-order valence-corrected chi connectivity index (χ2v) is 17.0. The summed E-state index contributed by atoms with van der Waals surface area (Å²) < 4.78 is 4.77. The van der Waals surface area contributed by atoms with Gasteiger partial charge in [0.05, 0.1) is 26.9 Å². The summed E-state index contributed by atoms with van der Waals surface area (Å²) in [7, 11) is 0. The first kappa shape index (κ1) is 32.3. The normalized spacial score (nSPS) is 12.4. The Labute approximate surface area is 309 Å². The lowest BCUT2D eigenvalue weighted by Gasteiger charge is -2.19.